The molecule has 0 unspecified atom stereocenters. The number of nitrogens with zero attached hydrogens (tertiary/aromatic N) is 6. The quantitative estimate of drug-likeness (QED) is 0.509. The van der Waals surface area contributed by atoms with Crippen molar-refractivity contribution in [1.29, 1.82) is 0 Å². The van der Waals surface area contributed by atoms with E-state index in [4.69, 9.17) is 0 Å². The molecule has 0 fully saturated rings. The lowest BCUT2D eigenvalue weighted by atomic mass is 10.2. The van der Waals surface area contributed by atoms with Crippen molar-refractivity contribution in [3.05, 3.63) is 78.9 Å². The van der Waals surface area contributed by atoms with Gasteiger partial charge < -0.3 is 5.32 Å². The molecule has 0 spiro atoms. The number of rotatable bonds is 5. The van der Waals surface area contributed by atoms with E-state index in [1.165, 1.54) is 11.3 Å². The van der Waals surface area contributed by atoms with Crippen LogP contribution in [0.2, 0.25) is 0 Å². The molecule has 7 nitrogen and oxygen atoms in total. The number of benzene rings is 1. The highest BCUT2D eigenvalue weighted by molar-refractivity contribution is 7.20. The average Bonchev–Trinajstić information content (AvgIpc) is 3.44. The normalized spacial score (nSPS) is 11.1. The van der Waals surface area contributed by atoms with E-state index in [2.05, 4.69) is 25.5 Å². The number of nitrogens with one attached hydrogen (secondary N) is 1. The van der Waals surface area contributed by atoms with Crippen LogP contribution < -0.4 is 5.32 Å². The van der Waals surface area contributed by atoms with Gasteiger partial charge in [0.2, 0.25) is 10.1 Å². The predicted molar refractivity (Wildman–Crippen MR) is 105 cm³/mol. The fourth-order valence-electron chi connectivity index (χ4n) is 2.76. The van der Waals surface area contributed by atoms with Crippen molar-refractivity contribution in [2.45, 2.75) is 6.54 Å². The second-order valence-electron chi connectivity index (χ2n) is 5.96. The van der Waals surface area contributed by atoms with Crippen molar-refractivity contribution in [3.8, 4) is 17.1 Å². The molecule has 27 heavy (non-hydrogen) atoms. The topological polar surface area (TPSA) is 72.9 Å². The number of anilines is 1. The Bertz CT molecular complexity index is 1130. The van der Waals surface area contributed by atoms with Gasteiger partial charge >= 0.3 is 0 Å². The van der Waals surface area contributed by atoms with Crippen molar-refractivity contribution in [1.82, 2.24) is 29.4 Å². The van der Waals surface area contributed by atoms with Gasteiger partial charge in [0.1, 0.15) is 0 Å². The highest BCUT2D eigenvalue weighted by Gasteiger charge is 2.09. The lowest BCUT2D eigenvalue weighted by Gasteiger charge is -2.04. The standard InChI is InChI=1S/C19H15N7S/c1-2-5-15(6-3-1)16-13-26-19(23-16)27-18(24-26)21-12-14-7-8-17(20-11-14)25-10-4-9-22-25/h1-11,13H,12H2,(H,21,24). The number of aromatic nitrogens is 6. The molecule has 0 aliphatic heterocycles. The molecule has 1 N–H and O–H groups in total. The first kappa shape index (κ1) is 15.7. The maximum atomic E-state index is 4.66. The minimum atomic E-state index is 0.647. The Hall–Kier alpha value is -3.52. The van der Waals surface area contributed by atoms with Crippen LogP contribution in [0.15, 0.2) is 73.3 Å². The molecule has 0 aliphatic carbocycles. The molecule has 4 aromatic heterocycles. The summed E-state index contributed by atoms with van der Waals surface area (Å²) in [5.41, 5.74) is 3.09. The Labute approximate surface area is 159 Å². The summed E-state index contributed by atoms with van der Waals surface area (Å²) in [7, 11) is 0. The summed E-state index contributed by atoms with van der Waals surface area (Å²) in [6.07, 6.45) is 7.40. The average molecular weight is 373 g/mol. The molecule has 0 amide bonds. The number of pyridine rings is 1. The molecule has 0 radical (unpaired) electrons. The van der Waals surface area contributed by atoms with E-state index in [9.17, 15) is 0 Å². The first-order chi connectivity index (χ1) is 13.3. The van der Waals surface area contributed by atoms with Gasteiger partial charge in [0.15, 0.2) is 5.82 Å². The van der Waals surface area contributed by atoms with Crippen LogP contribution in [0.4, 0.5) is 5.13 Å². The lowest BCUT2D eigenvalue weighted by Crippen LogP contribution is -2.02. The Balaban J connectivity index is 1.28. The number of hydrogen-bond acceptors (Lipinski definition) is 6. The zero-order chi connectivity index (χ0) is 18.1. The third kappa shape index (κ3) is 3.18. The maximum absolute atomic E-state index is 4.66. The molecule has 0 atom stereocenters. The summed E-state index contributed by atoms with van der Waals surface area (Å²) < 4.78 is 3.55. The van der Waals surface area contributed by atoms with Crippen LogP contribution in [0.25, 0.3) is 22.0 Å². The molecule has 0 aliphatic rings. The lowest BCUT2D eigenvalue weighted by molar-refractivity contribution is 0.843. The molecule has 5 aromatic rings. The smallest absolute Gasteiger partial charge is 0.214 e. The zero-order valence-electron chi connectivity index (χ0n) is 14.2. The van der Waals surface area contributed by atoms with Crippen molar-refractivity contribution in [2.24, 2.45) is 0 Å². The van der Waals surface area contributed by atoms with E-state index in [0.717, 1.165) is 32.7 Å². The molecular formula is C19H15N7S. The van der Waals surface area contributed by atoms with Crippen LogP contribution in [0.1, 0.15) is 5.56 Å². The Kier molecular flexibility index (Phi) is 3.87. The van der Waals surface area contributed by atoms with Gasteiger partial charge in [-0.25, -0.2) is 19.2 Å². The fourth-order valence-corrected chi connectivity index (χ4v) is 3.54. The van der Waals surface area contributed by atoms with Gasteiger partial charge in [-0.1, -0.05) is 47.7 Å². The van der Waals surface area contributed by atoms with Crippen LogP contribution in [0, 0.1) is 0 Å². The first-order valence-electron chi connectivity index (χ1n) is 8.46. The molecule has 0 saturated carbocycles. The van der Waals surface area contributed by atoms with Gasteiger partial charge in [0, 0.05) is 30.7 Å². The van der Waals surface area contributed by atoms with Crippen LogP contribution in [0.3, 0.4) is 0 Å². The molecular weight excluding hydrogens is 358 g/mol. The van der Waals surface area contributed by atoms with E-state index in [1.54, 1.807) is 10.9 Å². The van der Waals surface area contributed by atoms with Gasteiger partial charge in [0.05, 0.1) is 11.9 Å². The summed E-state index contributed by atoms with van der Waals surface area (Å²) in [6.45, 7) is 0.647. The third-order valence-electron chi connectivity index (χ3n) is 4.10. The number of fused-ring (bicyclic) bond motifs is 1. The minimum Gasteiger partial charge on any atom is -0.356 e. The van der Waals surface area contributed by atoms with Crippen molar-refractivity contribution >= 4 is 21.4 Å². The van der Waals surface area contributed by atoms with E-state index >= 15 is 0 Å². The van der Waals surface area contributed by atoms with E-state index in [0.29, 0.717) is 6.54 Å². The Morgan fingerprint density at radius 2 is 1.96 bits per heavy atom. The molecule has 132 valence electrons. The Morgan fingerprint density at radius 1 is 1.04 bits per heavy atom. The van der Waals surface area contributed by atoms with Gasteiger partial charge in [-0.2, -0.15) is 5.10 Å². The number of imidazole rings is 1. The van der Waals surface area contributed by atoms with Crippen molar-refractivity contribution in [3.63, 3.8) is 0 Å². The van der Waals surface area contributed by atoms with Crippen LogP contribution in [-0.2, 0) is 6.54 Å². The summed E-state index contributed by atoms with van der Waals surface area (Å²) >= 11 is 1.53. The summed E-state index contributed by atoms with van der Waals surface area (Å²) in [5.74, 6) is 0.796. The van der Waals surface area contributed by atoms with Gasteiger partial charge in [-0.15, -0.1) is 5.10 Å². The monoisotopic (exact) mass is 373 g/mol. The van der Waals surface area contributed by atoms with Crippen LogP contribution in [-0.4, -0.2) is 29.4 Å². The minimum absolute atomic E-state index is 0.647. The Morgan fingerprint density at radius 3 is 2.70 bits per heavy atom. The first-order valence-corrected chi connectivity index (χ1v) is 9.27. The molecule has 1 aromatic carbocycles. The van der Waals surface area contributed by atoms with Crippen molar-refractivity contribution in [2.75, 3.05) is 5.32 Å². The van der Waals surface area contributed by atoms with E-state index in [-0.39, 0.29) is 0 Å². The fraction of sp³-hybridized carbons (Fsp3) is 0.0526. The maximum Gasteiger partial charge on any atom is 0.214 e. The van der Waals surface area contributed by atoms with Gasteiger partial charge in [-0.05, 0) is 17.7 Å². The second-order valence-corrected chi connectivity index (χ2v) is 6.91. The molecule has 5 rings (SSSR count). The summed E-state index contributed by atoms with van der Waals surface area (Å²) in [4.78, 5) is 9.96. The van der Waals surface area contributed by atoms with Crippen molar-refractivity contribution < 1.29 is 0 Å². The second kappa shape index (κ2) is 6.65. The largest absolute Gasteiger partial charge is 0.356 e. The van der Waals surface area contributed by atoms with Crippen LogP contribution in [0.5, 0.6) is 0 Å². The van der Waals surface area contributed by atoms with Crippen LogP contribution >= 0.6 is 11.3 Å². The van der Waals surface area contributed by atoms with Gasteiger partial charge in [-0.3, -0.25) is 0 Å². The number of hydrogen-bond donors (Lipinski definition) is 1. The molecule has 0 bridgehead atoms. The summed E-state index contributed by atoms with van der Waals surface area (Å²) in [5, 5.41) is 12.9. The van der Waals surface area contributed by atoms with Gasteiger partial charge in [0.25, 0.3) is 0 Å². The summed E-state index contributed by atoms with van der Waals surface area (Å²) in [6, 6.07) is 16.0. The zero-order valence-corrected chi connectivity index (χ0v) is 15.0. The molecule has 4 heterocycles. The predicted octanol–water partition coefficient (Wildman–Crippen LogP) is 3.65. The SMILES string of the molecule is c1ccc(-c2cn3nc(NCc4ccc(-n5cccn5)nc4)sc3n2)cc1. The van der Waals surface area contributed by atoms with E-state index in [1.807, 2.05) is 71.6 Å². The highest BCUT2D eigenvalue weighted by Crippen LogP contribution is 2.24. The highest BCUT2D eigenvalue weighted by atomic mass is 32.1. The molecule has 0 saturated heterocycles. The third-order valence-corrected chi connectivity index (χ3v) is 4.98. The molecule has 8 heteroatoms. The van der Waals surface area contributed by atoms with E-state index < -0.39 is 0 Å².